The quantitative estimate of drug-likeness (QED) is 0.736. The summed E-state index contributed by atoms with van der Waals surface area (Å²) in [6, 6.07) is 0.732. The van der Waals surface area contributed by atoms with Gasteiger partial charge in [0.2, 0.25) is 5.91 Å². The molecule has 25 heavy (non-hydrogen) atoms. The van der Waals surface area contributed by atoms with E-state index in [0.29, 0.717) is 18.9 Å². The summed E-state index contributed by atoms with van der Waals surface area (Å²) >= 11 is 0. The van der Waals surface area contributed by atoms with Crippen LogP contribution in [-0.2, 0) is 4.79 Å². The van der Waals surface area contributed by atoms with Crippen molar-refractivity contribution in [2.45, 2.75) is 89.5 Å². The number of piperazine rings is 1. The minimum absolute atomic E-state index is 0.138. The van der Waals surface area contributed by atoms with E-state index in [-0.39, 0.29) is 30.3 Å². The lowest BCUT2D eigenvalue weighted by Gasteiger charge is -2.53. The van der Waals surface area contributed by atoms with Gasteiger partial charge in [-0.3, -0.25) is 9.69 Å². The van der Waals surface area contributed by atoms with E-state index in [0.717, 1.165) is 45.2 Å². The lowest BCUT2D eigenvalue weighted by molar-refractivity contribution is -0.187. The maximum atomic E-state index is 13.1. The summed E-state index contributed by atoms with van der Waals surface area (Å²) in [5, 5.41) is 0. The molecule has 3 rings (SSSR count). The van der Waals surface area contributed by atoms with Gasteiger partial charge in [-0.1, -0.05) is 19.3 Å². The van der Waals surface area contributed by atoms with Gasteiger partial charge in [-0.2, -0.15) is 13.2 Å². The first kappa shape index (κ1) is 19.0. The van der Waals surface area contributed by atoms with Gasteiger partial charge in [0.05, 0.1) is 5.92 Å². The molecule has 0 bridgehead atoms. The van der Waals surface area contributed by atoms with Gasteiger partial charge in [0.1, 0.15) is 0 Å². The molecule has 144 valence electrons. The Balaban J connectivity index is 1.68. The lowest BCUT2D eigenvalue weighted by atomic mass is 9.79. The smallest absolute Gasteiger partial charge is 0.334 e. The van der Waals surface area contributed by atoms with E-state index in [4.69, 9.17) is 0 Å². The molecule has 0 aromatic rings. The Hall–Kier alpha value is -0.780. The number of hydrogen-bond acceptors (Lipinski definition) is 2. The van der Waals surface area contributed by atoms with Crippen LogP contribution in [0.3, 0.4) is 0 Å². The molecule has 3 nitrogen and oxygen atoms in total. The fourth-order valence-electron chi connectivity index (χ4n) is 5.57. The predicted molar refractivity (Wildman–Crippen MR) is 91.1 cm³/mol. The zero-order valence-corrected chi connectivity index (χ0v) is 15.4. The first-order valence-corrected chi connectivity index (χ1v) is 9.87. The molecule has 1 heterocycles. The van der Waals surface area contributed by atoms with Crippen LogP contribution in [0, 0.1) is 11.8 Å². The van der Waals surface area contributed by atoms with E-state index >= 15 is 0 Å². The van der Waals surface area contributed by atoms with Gasteiger partial charge in [-0.05, 0) is 44.9 Å². The first-order valence-electron chi connectivity index (χ1n) is 9.87. The van der Waals surface area contributed by atoms with Gasteiger partial charge >= 0.3 is 6.18 Å². The maximum absolute atomic E-state index is 13.1. The predicted octanol–water partition coefficient (Wildman–Crippen LogP) is 4.22. The van der Waals surface area contributed by atoms with Crippen molar-refractivity contribution >= 4 is 5.91 Å². The fraction of sp³-hybridized carbons (Fsp3) is 0.947. The molecule has 3 aliphatic rings. The molecule has 2 saturated carbocycles. The highest BCUT2D eigenvalue weighted by atomic mass is 19.4. The summed E-state index contributed by atoms with van der Waals surface area (Å²) in [6.45, 7) is 5.29. The van der Waals surface area contributed by atoms with Gasteiger partial charge in [-0.15, -0.1) is 0 Å². The van der Waals surface area contributed by atoms with Crippen molar-refractivity contribution in [3.8, 4) is 0 Å². The molecule has 5 atom stereocenters. The Morgan fingerprint density at radius 2 is 1.72 bits per heavy atom. The Labute approximate surface area is 148 Å². The van der Waals surface area contributed by atoms with Crippen molar-refractivity contribution in [1.29, 1.82) is 0 Å². The number of halogens is 3. The zero-order chi connectivity index (χ0) is 18.2. The number of alkyl halides is 3. The number of carbonyl (C=O) groups excluding carboxylic acids is 1. The van der Waals surface area contributed by atoms with Crippen LogP contribution in [-0.4, -0.2) is 53.1 Å². The van der Waals surface area contributed by atoms with Crippen LogP contribution in [0.1, 0.15) is 65.2 Å². The van der Waals surface area contributed by atoms with E-state index in [1.165, 1.54) is 0 Å². The summed E-state index contributed by atoms with van der Waals surface area (Å²) in [5.41, 5.74) is 0. The summed E-state index contributed by atoms with van der Waals surface area (Å²) in [6.07, 6.45) is 2.52. The molecule has 4 unspecified atom stereocenters. The van der Waals surface area contributed by atoms with Crippen molar-refractivity contribution < 1.29 is 18.0 Å². The minimum Gasteiger partial charge on any atom is -0.334 e. The normalized spacial score (nSPS) is 37.6. The molecule has 0 aromatic heterocycles. The number of amides is 1. The highest BCUT2D eigenvalue weighted by Crippen LogP contribution is 2.41. The monoisotopic (exact) mass is 360 g/mol. The molecule has 3 fully saturated rings. The van der Waals surface area contributed by atoms with Crippen LogP contribution in [0.5, 0.6) is 0 Å². The summed E-state index contributed by atoms with van der Waals surface area (Å²) in [7, 11) is 0. The van der Waals surface area contributed by atoms with Crippen LogP contribution < -0.4 is 0 Å². The number of fused-ring (bicyclic) bond motifs is 1. The summed E-state index contributed by atoms with van der Waals surface area (Å²) < 4.78 is 39.3. The number of rotatable bonds is 2. The lowest BCUT2D eigenvalue weighted by Crippen LogP contribution is -2.65. The highest BCUT2D eigenvalue weighted by Gasteiger charge is 2.45. The van der Waals surface area contributed by atoms with Crippen LogP contribution in [0.15, 0.2) is 0 Å². The van der Waals surface area contributed by atoms with Crippen LogP contribution in [0.4, 0.5) is 13.2 Å². The van der Waals surface area contributed by atoms with E-state index < -0.39 is 12.1 Å². The Morgan fingerprint density at radius 1 is 1.04 bits per heavy atom. The van der Waals surface area contributed by atoms with Crippen LogP contribution in [0.2, 0.25) is 0 Å². The van der Waals surface area contributed by atoms with Crippen molar-refractivity contribution in [2.24, 2.45) is 11.8 Å². The second-order valence-corrected chi connectivity index (χ2v) is 8.42. The molecule has 0 spiro atoms. The SMILES string of the molecule is CC(=O)N1C2CCCCC2N(CC2CCCC(C(F)(F)F)C2)C[C@@H]1C. The third-order valence-corrected chi connectivity index (χ3v) is 6.60. The average molecular weight is 360 g/mol. The van der Waals surface area contributed by atoms with Crippen molar-refractivity contribution in [1.82, 2.24) is 9.80 Å². The number of hydrogen-bond donors (Lipinski definition) is 0. The van der Waals surface area contributed by atoms with Gasteiger partial charge < -0.3 is 4.90 Å². The molecule has 0 aromatic carbocycles. The maximum Gasteiger partial charge on any atom is 0.391 e. The van der Waals surface area contributed by atoms with Gasteiger partial charge in [0, 0.05) is 38.1 Å². The standard InChI is InChI=1S/C19H31F3N2O/c1-13-11-23(12-15-6-5-7-16(10-15)19(20,21)22)17-8-3-4-9-18(17)24(13)14(2)25/h13,15-18H,3-12H2,1-2H3/t13-,15?,16?,17?,18?/m0/s1. The summed E-state index contributed by atoms with van der Waals surface area (Å²) in [4.78, 5) is 16.6. The minimum atomic E-state index is -4.05. The molecule has 0 N–H and O–H groups in total. The van der Waals surface area contributed by atoms with Gasteiger partial charge in [0.25, 0.3) is 0 Å². The third kappa shape index (κ3) is 4.15. The number of carbonyl (C=O) groups is 1. The molecule has 0 radical (unpaired) electrons. The molecule has 1 aliphatic heterocycles. The van der Waals surface area contributed by atoms with Gasteiger partial charge in [-0.25, -0.2) is 0 Å². The van der Waals surface area contributed by atoms with Crippen molar-refractivity contribution in [3.63, 3.8) is 0 Å². The van der Waals surface area contributed by atoms with Crippen molar-refractivity contribution in [3.05, 3.63) is 0 Å². The second kappa shape index (κ2) is 7.45. The fourth-order valence-corrected chi connectivity index (χ4v) is 5.57. The molecule has 6 heteroatoms. The second-order valence-electron chi connectivity index (χ2n) is 8.42. The van der Waals surface area contributed by atoms with Crippen LogP contribution >= 0.6 is 0 Å². The Bertz CT molecular complexity index is 482. The van der Waals surface area contributed by atoms with E-state index in [1.54, 1.807) is 6.92 Å². The first-order chi connectivity index (χ1) is 11.8. The molecule has 2 aliphatic carbocycles. The Morgan fingerprint density at radius 3 is 2.36 bits per heavy atom. The molecule has 1 amide bonds. The van der Waals surface area contributed by atoms with Crippen molar-refractivity contribution in [2.75, 3.05) is 13.1 Å². The van der Waals surface area contributed by atoms with Gasteiger partial charge in [0.15, 0.2) is 0 Å². The Kier molecular flexibility index (Phi) is 5.66. The van der Waals surface area contributed by atoms with E-state index in [1.807, 2.05) is 4.90 Å². The van der Waals surface area contributed by atoms with Crippen LogP contribution in [0.25, 0.3) is 0 Å². The highest BCUT2D eigenvalue weighted by molar-refractivity contribution is 5.74. The summed E-state index contributed by atoms with van der Waals surface area (Å²) in [5.74, 6) is -0.845. The van der Waals surface area contributed by atoms with E-state index in [2.05, 4.69) is 11.8 Å². The molecular formula is C19H31F3N2O. The topological polar surface area (TPSA) is 23.6 Å². The average Bonchev–Trinajstić information content (AvgIpc) is 2.54. The van der Waals surface area contributed by atoms with E-state index in [9.17, 15) is 18.0 Å². The third-order valence-electron chi connectivity index (χ3n) is 6.60. The molecular weight excluding hydrogens is 329 g/mol. The number of nitrogens with zero attached hydrogens (tertiary/aromatic N) is 2. The largest absolute Gasteiger partial charge is 0.391 e. The molecule has 1 saturated heterocycles. The zero-order valence-electron chi connectivity index (χ0n) is 15.4.